The van der Waals surface area contributed by atoms with Gasteiger partial charge in [0.05, 0.1) is 11.6 Å². The van der Waals surface area contributed by atoms with Gasteiger partial charge in [0.2, 0.25) is 0 Å². The van der Waals surface area contributed by atoms with Crippen molar-refractivity contribution in [2.45, 2.75) is 26.8 Å². The van der Waals surface area contributed by atoms with Crippen molar-refractivity contribution >= 4 is 17.2 Å². The Kier molecular flexibility index (Phi) is 4.15. The van der Waals surface area contributed by atoms with Crippen molar-refractivity contribution in [3.05, 3.63) is 40.2 Å². The van der Waals surface area contributed by atoms with E-state index in [0.717, 1.165) is 29.4 Å². The van der Waals surface area contributed by atoms with Crippen molar-refractivity contribution in [3.63, 3.8) is 0 Å². The standard InChI is InChI=1S/C15H17N5OS/c1-4-14-17-8-12(22-14)9-20(3)13-7-11(5-6-16-13)15-18-10(2)19-21-15/h5-8H,4,9H2,1-3H3. The molecule has 3 aromatic heterocycles. The van der Waals surface area contributed by atoms with E-state index in [1.165, 1.54) is 4.88 Å². The number of hydrogen-bond donors (Lipinski definition) is 0. The molecule has 0 aliphatic carbocycles. The third-order valence-corrected chi connectivity index (χ3v) is 4.33. The summed E-state index contributed by atoms with van der Waals surface area (Å²) >= 11 is 1.74. The van der Waals surface area contributed by atoms with Crippen LogP contribution in [0.15, 0.2) is 29.0 Å². The summed E-state index contributed by atoms with van der Waals surface area (Å²) in [5.74, 6) is 2.00. The maximum Gasteiger partial charge on any atom is 0.258 e. The monoisotopic (exact) mass is 315 g/mol. The fourth-order valence-electron chi connectivity index (χ4n) is 2.07. The summed E-state index contributed by atoms with van der Waals surface area (Å²) in [5, 5.41) is 4.98. The highest BCUT2D eigenvalue weighted by Crippen LogP contribution is 2.23. The van der Waals surface area contributed by atoms with E-state index < -0.39 is 0 Å². The van der Waals surface area contributed by atoms with Crippen molar-refractivity contribution in [1.29, 1.82) is 0 Å². The summed E-state index contributed by atoms with van der Waals surface area (Å²) in [4.78, 5) is 16.4. The van der Waals surface area contributed by atoms with Gasteiger partial charge >= 0.3 is 0 Å². The maximum atomic E-state index is 5.21. The lowest BCUT2D eigenvalue weighted by Crippen LogP contribution is -2.16. The highest BCUT2D eigenvalue weighted by Gasteiger charge is 2.11. The molecule has 0 radical (unpaired) electrons. The zero-order chi connectivity index (χ0) is 15.5. The number of aromatic nitrogens is 4. The molecule has 0 atom stereocenters. The van der Waals surface area contributed by atoms with E-state index in [1.807, 2.05) is 25.4 Å². The number of nitrogens with zero attached hydrogens (tertiary/aromatic N) is 5. The van der Waals surface area contributed by atoms with Gasteiger partial charge in [0.25, 0.3) is 5.89 Å². The van der Waals surface area contributed by atoms with E-state index in [0.29, 0.717) is 11.7 Å². The molecule has 3 heterocycles. The van der Waals surface area contributed by atoms with E-state index >= 15 is 0 Å². The second-order valence-corrected chi connectivity index (χ2v) is 6.18. The summed E-state index contributed by atoms with van der Waals surface area (Å²) in [6.07, 6.45) is 4.66. The smallest absolute Gasteiger partial charge is 0.258 e. The van der Waals surface area contributed by atoms with Crippen LogP contribution in [0.4, 0.5) is 5.82 Å². The topological polar surface area (TPSA) is 67.9 Å². The first-order valence-corrected chi connectivity index (χ1v) is 7.89. The first-order valence-electron chi connectivity index (χ1n) is 7.07. The Labute approximate surface area is 132 Å². The highest BCUT2D eigenvalue weighted by atomic mass is 32.1. The lowest BCUT2D eigenvalue weighted by molar-refractivity contribution is 0.425. The van der Waals surface area contributed by atoms with Crippen LogP contribution in [0, 0.1) is 6.92 Å². The molecule has 0 fully saturated rings. The molecule has 22 heavy (non-hydrogen) atoms. The van der Waals surface area contributed by atoms with E-state index in [4.69, 9.17) is 4.52 Å². The number of hydrogen-bond acceptors (Lipinski definition) is 7. The number of rotatable bonds is 5. The van der Waals surface area contributed by atoms with Crippen molar-refractivity contribution in [1.82, 2.24) is 20.1 Å². The predicted octanol–water partition coefficient (Wildman–Crippen LogP) is 3.10. The molecular formula is C15H17N5OS. The van der Waals surface area contributed by atoms with Gasteiger partial charge in [-0.15, -0.1) is 11.3 Å². The molecule has 3 rings (SSSR count). The van der Waals surface area contributed by atoms with Gasteiger partial charge < -0.3 is 9.42 Å². The molecule has 114 valence electrons. The molecule has 0 aliphatic rings. The van der Waals surface area contributed by atoms with Crippen LogP contribution in [0.1, 0.15) is 22.6 Å². The Morgan fingerprint density at radius 1 is 1.32 bits per heavy atom. The van der Waals surface area contributed by atoms with Crippen molar-refractivity contribution in [2.75, 3.05) is 11.9 Å². The molecule has 0 aliphatic heterocycles. The first kappa shape index (κ1) is 14.6. The molecule has 0 aromatic carbocycles. The van der Waals surface area contributed by atoms with E-state index in [1.54, 1.807) is 24.5 Å². The molecule has 0 saturated carbocycles. The third-order valence-electron chi connectivity index (χ3n) is 3.21. The minimum Gasteiger partial charge on any atom is -0.354 e. The van der Waals surface area contributed by atoms with Gasteiger partial charge in [0.15, 0.2) is 5.82 Å². The molecule has 6 nitrogen and oxygen atoms in total. The average molecular weight is 315 g/mol. The summed E-state index contributed by atoms with van der Waals surface area (Å²) in [6.45, 7) is 4.69. The molecule has 0 N–H and O–H groups in total. The van der Waals surface area contributed by atoms with Crippen molar-refractivity contribution in [2.24, 2.45) is 0 Å². The lowest BCUT2D eigenvalue weighted by Gasteiger charge is -2.17. The van der Waals surface area contributed by atoms with Gasteiger partial charge in [0.1, 0.15) is 5.82 Å². The van der Waals surface area contributed by atoms with E-state index in [2.05, 4.69) is 31.9 Å². The Hall–Kier alpha value is -2.28. The quantitative estimate of drug-likeness (QED) is 0.720. The van der Waals surface area contributed by atoms with Crippen LogP contribution in [0.25, 0.3) is 11.5 Å². The van der Waals surface area contributed by atoms with Crippen LogP contribution in [-0.2, 0) is 13.0 Å². The van der Waals surface area contributed by atoms with Gasteiger partial charge in [-0.3, -0.25) is 0 Å². The third kappa shape index (κ3) is 3.14. The number of aryl methyl sites for hydroxylation is 2. The molecular weight excluding hydrogens is 298 g/mol. The number of thiazole rings is 1. The lowest BCUT2D eigenvalue weighted by atomic mass is 10.2. The van der Waals surface area contributed by atoms with Crippen LogP contribution in [0.5, 0.6) is 0 Å². The SMILES string of the molecule is CCc1ncc(CN(C)c2cc(-c3nc(C)no3)ccn2)s1. The summed E-state index contributed by atoms with van der Waals surface area (Å²) in [5.41, 5.74) is 0.871. The highest BCUT2D eigenvalue weighted by molar-refractivity contribution is 7.11. The average Bonchev–Trinajstić information content (AvgIpc) is 3.16. The molecule has 0 spiro atoms. The van der Waals surface area contributed by atoms with Gasteiger partial charge in [0, 0.05) is 29.9 Å². The molecule has 0 unspecified atom stereocenters. The Morgan fingerprint density at radius 2 is 2.18 bits per heavy atom. The second-order valence-electron chi connectivity index (χ2n) is 4.98. The predicted molar refractivity (Wildman–Crippen MR) is 85.9 cm³/mol. The van der Waals surface area contributed by atoms with E-state index in [-0.39, 0.29) is 0 Å². The van der Waals surface area contributed by atoms with Crippen LogP contribution >= 0.6 is 11.3 Å². The fourth-order valence-corrected chi connectivity index (χ4v) is 2.99. The largest absolute Gasteiger partial charge is 0.354 e. The van der Waals surface area contributed by atoms with Gasteiger partial charge in [-0.05, 0) is 25.5 Å². The van der Waals surface area contributed by atoms with Crippen LogP contribution in [0.2, 0.25) is 0 Å². The van der Waals surface area contributed by atoms with Crippen LogP contribution in [-0.4, -0.2) is 27.2 Å². The minimum atomic E-state index is 0.514. The zero-order valence-electron chi connectivity index (χ0n) is 12.8. The van der Waals surface area contributed by atoms with Crippen molar-refractivity contribution < 1.29 is 4.52 Å². The molecule has 7 heteroatoms. The fraction of sp³-hybridized carbons (Fsp3) is 0.333. The maximum absolute atomic E-state index is 5.21. The first-order chi connectivity index (χ1) is 10.7. The Balaban J connectivity index is 1.79. The van der Waals surface area contributed by atoms with Gasteiger partial charge in [-0.2, -0.15) is 4.98 Å². The Bertz CT molecular complexity index is 767. The minimum absolute atomic E-state index is 0.514. The molecule has 0 bridgehead atoms. The molecule has 3 aromatic rings. The number of anilines is 1. The summed E-state index contributed by atoms with van der Waals surface area (Å²) in [6, 6.07) is 3.82. The zero-order valence-corrected chi connectivity index (χ0v) is 13.6. The molecule has 0 saturated heterocycles. The van der Waals surface area contributed by atoms with Crippen molar-refractivity contribution in [3.8, 4) is 11.5 Å². The Morgan fingerprint density at radius 3 is 2.86 bits per heavy atom. The summed E-state index contributed by atoms with van der Waals surface area (Å²) in [7, 11) is 2.01. The van der Waals surface area contributed by atoms with Gasteiger partial charge in [-0.25, -0.2) is 9.97 Å². The number of pyridine rings is 1. The normalized spacial score (nSPS) is 10.9. The van der Waals surface area contributed by atoms with Gasteiger partial charge in [-0.1, -0.05) is 12.1 Å². The second kappa shape index (κ2) is 6.23. The van der Waals surface area contributed by atoms with Crippen LogP contribution < -0.4 is 4.90 Å². The van der Waals surface area contributed by atoms with Crippen LogP contribution in [0.3, 0.4) is 0 Å². The summed E-state index contributed by atoms with van der Waals surface area (Å²) < 4.78 is 5.21. The van der Waals surface area contributed by atoms with E-state index in [9.17, 15) is 0 Å². The molecule has 0 amide bonds.